The van der Waals surface area contributed by atoms with E-state index in [0.717, 1.165) is 18.4 Å². The zero-order valence-corrected chi connectivity index (χ0v) is 12.6. The molecule has 0 spiro atoms. The Morgan fingerprint density at radius 2 is 2.05 bits per heavy atom. The highest BCUT2D eigenvalue weighted by atomic mass is 16.6. The summed E-state index contributed by atoms with van der Waals surface area (Å²) in [5.41, 5.74) is 0.963. The van der Waals surface area contributed by atoms with Crippen molar-refractivity contribution in [2.24, 2.45) is 0 Å². The fourth-order valence-corrected chi connectivity index (χ4v) is 2.33. The minimum Gasteiger partial charge on any atom is -0.444 e. The molecule has 6 heteroatoms. The first-order valence-corrected chi connectivity index (χ1v) is 7.59. The average molecular weight is 309 g/mol. The molecule has 1 unspecified atom stereocenters. The first-order valence-electron chi connectivity index (χ1n) is 7.59. The van der Waals surface area contributed by atoms with Crippen LogP contribution in [0.15, 0.2) is 30.3 Å². The number of carbonyl (C=O) groups excluding carboxylic acids is 1. The highest BCUT2D eigenvalue weighted by Gasteiger charge is 2.30. The van der Waals surface area contributed by atoms with Crippen molar-refractivity contribution in [1.29, 1.82) is 0 Å². The second-order valence-corrected chi connectivity index (χ2v) is 5.04. The molecule has 1 N–H and O–H groups in total. The normalized spacial score (nSPS) is 17.7. The van der Waals surface area contributed by atoms with Gasteiger partial charge in [-0.05, 0) is 18.4 Å². The number of hydrogen-bond acceptors (Lipinski definition) is 5. The number of likely N-dealkylation sites (tertiary alicyclic amines) is 1. The smallest absolute Gasteiger partial charge is 0.412 e. The number of nitrogens with zero attached hydrogens (tertiary/aromatic N) is 1. The molecule has 0 saturated carbocycles. The summed E-state index contributed by atoms with van der Waals surface area (Å²) in [6.45, 7) is 2.02. The molecule has 0 bridgehead atoms. The van der Waals surface area contributed by atoms with Crippen LogP contribution in [0.2, 0.25) is 0 Å². The summed E-state index contributed by atoms with van der Waals surface area (Å²) in [7, 11) is 0. The van der Waals surface area contributed by atoms with Crippen molar-refractivity contribution in [1.82, 2.24) is 4.90 Å². The maximum atomic E-state index is 12.1. The third kappa shape index (κ3) is 5.29. The maximum Gasteiger partial charge on any atom is 0.412 e. The van der Waals surface area contributed by atoms with E-state index in [0.29, 0.717) is 26.4 Å². The van der Waals surface area contributed by atoms with E-state index in [1.807, 2.05) is 30.3 Å². The van der Waals surface area contributed by atoms with Crippen molar-refractivity contribution in [2.75, 3.05) is 33.0 Å². The van der Waals surface area contributed by atoms with Crippen molar-refractivity contribution >= 4 is 6.09 Å². The lowest BCUT2D eigenvalue weighted by molar-refractivity contribution is -0.0556. The molecule has 22 heavy (non-hydrogen) atoms. The summed E-state index contributed by atoms with van der Waals surface area (Å²) < 4.78 is 16.1. The lowest BCUT2D eigenvalue weighted by Gasteiger charge is -2.24. The van der Waals surface area contributed by atoms with E-state index >= 15 is 0 Å². The molecule has 1 aliphatic rings. The summed E-state index contributed by atoms with van der Waals surface area (Å²) in [5.74, 6) is 0. The molecule has 1 amide bonds. The van der Waals surface area contributed by atoms with Crippen LogP contribution in [0.1, 0.15) is 18.4 Å². The average Bonchev–Trinajstić information content (AvgIpc) is 3.02. The number of ether oxygens (including phenoxy) is 3. The lowest BCUT2D eigenvalue weighted by atomic mass is 10.2. The third-order valence-electron chi connectivity index (χ3n) is 3.41. The van der Waals surface area contributed by atoms with Crippen LogP contribution in [0.5, 0.6) is 0 Å². The number of carbonyl (C=O) groups is 1. The van der Waals surface area contributed by atoms with Crippen LogP contribution in [0, 0.1) is 0 Å². The van der Waals surface area contributed by atoms with Gasteiger partial charge in [0.15, 0.2) is 0 Å². The predicted octanol–water partition coefficient (Wildman–Crippen LogP) is 1.77. The second kappa shape index (κ2) is 9.40. The number of aliphatic hydroxyl groups excluding tert-OH is 1. The van der Waals surface area contributed by atoms with Crippen molar-refractivity contribution in [3.05, 3.63) is 35.9 Å². The zero-order chi connectivity index (χ0) is 15.6. The molecule has 1 fully saturated rings. The van der Waals surface area contributed by atoms with Gasteiger partial charge in [0, 0.05) is 6.54 Å². The highest BCUT2D eigenvalue weighted by molar-refractivity contribution is 5.68. The predicted molar refractivity (Wildman–Crippen MR) is 80.2 cm³/mol. The summed E-state index contributed by atoms with van der Waals surface area (Å²) in [6, 6.07) is 9.59. The lowest BCUT2D eigenvalue weighted by Crippen LogP contribution is -2.38. The van der Waals surface area contributed by atoms with Gasteiger partial charge < -0.3 is 19.3 Å². The Morgan fingerprint density at radius 3 is 2.82 bits per heavy atom. The van der Waals surface area contributed by atoms with E-state index in [-0.39, 0.29) is 25.5 Å². The maximum absolute atomic E-state index is 12.1. The molecule has 0 aromatic heterocycles. The molecule has 1 heterocycles. The first kappa shape index (κ1) is 16.7. The molecule has 6 nitrogen and oxygen atoms in total. The van der Waals surface area contributed by atoms with E-state index in [9.17, 15) is 4.79 Å². The van der Waals surface area contributed by atoms with Gasteiger partial charge in [-0.25, -0.2) is 4.79 Å². The first-order chi connectivity index (χ1) is 10.8. The van der Waals surface area contributed by atoms with Gasteiger partial charge in [0.05, 0.1) is 26.4 Å². The minimum atomic E-state index is -0.345. The number of hydrogen-bond donors (Lipinski definition) is 1. The SMILES string of the molecule is O=C(OCc1ccccc1)N1CCCC1OCCOCCO. The summed E-state index contributed by atoms with van der Waals surface area (Å²) in [5, 5.41) is 8.61. The summed E-state index contributed by atoms with van der Waals surface area (Å²) in [6.07, 6.45) is 1.12. The number of aliphatic hydroxyl groups is 1. The Morgan fingerprint density at radius 1 is 1.23 bits per heavy atom. The third-order valence-corrected chi connectivity index (χ3v) is 3.41. The van der Waals surface area contributed by atoms with Crippen molar-refractivity contribution in [2.45, 2.75) is 25.7 Å². The molecule has 1 aromatic rings. The molecule has 1 aromatic carbocycles. The summed E-state index contributed by atoms with van der Waals surface area (Å²) >= 11 is 0. The largest absolute Gasteiger partial charge is 0.444 e. The fourth-order valence-electron chi connectivity index (χ4n) is 2.33. The van der Waals surface area contributed by atoms with Gasteiger partial charge >= 0.3 is 6.09 Å². The number of benzene rings is 1. The van der Waals surface area contributed by atoms with Crippen molar-refractivity contribution in [3.63, 3.8) is 0 Å². The van der Waals surface area contributed by atoms with Gasteiger partial charge in [0.25, 0.3) is 0 Å². The molecule has 0 aliphatic carbocycles. The molecular weight excluding hydrogens is 286 g/mol. The van der Waals surface area contributed by atoms with Crippen LogP contribution in [-0.4, -0.2) is 55.3 Å². The molecule has 2 rings (SSSR count). The van der Waals surface area contributed by atoms with Gasteiger partial charge in [-0.15, -0.1) is 0 Å². The van der Waals surface area contributed by atoms with Crippen LogP contribution in [0.25, 0.3) is 0 Å². The standard InChI is InChI=1S/C16H23NO5/c18-9-10-20-11-12-21-15-7-4-8-17(15)16(19)22-13-14-5-2-1-3-6-14/h1-3,5-6,15,18H,4,7-13H2. The van der Waals surface area contributed by atoms with Gasteiger partial charge in [-0.2, -0.15) is 0 Å². The quantitative estimate of drug-likeness (QED) is 0.741. The molecule has 1 saturated heterocycles. The van der Waals surface area contributed by atoms with Crippen LogP contribution < -0.4 is 0 Å². The number of amides is 1. The summed E-state index contributed by atoms with van der Waals surface area (Å²) in [4.78, 5) is 13.7. The minimum absolute atomic E-state index is 0.00135. The van der Waals surface area contributed by atoms with Gasteiger partial charge in [-0.1, -0.05) is 30.3 Å². The van der Waals surface area contributed by atoms with E-state index in [1.165, 1.54) is 0 Å². The van der Waals surface area contributed by atoms with Gasteiger partial charge in [0.1, 0.15) is 12.8 Å². The van der Waals surface area contributed by atoms with Crippen LogP contribution in [0.3, 0.4) is 0 Å². The van der Waals surface area contributed by atoms with Crippen molar-refractivity contribution in [3.8, 4) is 0 Å². The number of rotatable bonds is 8. The Bertz CT molecular complexity index is 439. The Labute approximate surface area is 130 Å². The highest BCUT2D eigenvalue weighted by Crippen LogP contribution is 2.19. The van der Waals surface area contributed by atoms with Crippen LogP contribution >= 0.6 is 0 Å². The second-order valence-electron chi connectivity index (χ2n) is 5.04. The molecule has 1 aliphatic heterocycles. The topological polar surface area (TPSA) is 68.2 Å². The molecule has 0 radical (unpaired) electrons. The van der Waals surface area contributed by atoms with E-state index in [2.05, 4.69) is 0 Å². The van der Waals surface area contributed by atoms with Crippen LogP contribution in [-0.2, 0) is 20.8 Å². The Balaban J connectivity index is 1.71. The fraction of sp³-hybridized carbons (Fsp3) is 0.562. The van der Waals surface area contributed by atoms with Crippen LogP contribution in [0.4, 0.5) is 4.79 Å². The molecular formula is C16H23NO5. The van der Waals surface area contributed by atoms with E-state index in [1.54, 1.807) is 4.90 Å². The van der Waals surface area contributed by atoms with E-state index < -0.39 is 0 Å². The van der Waals surface area contributed by atoms with Gasteiger partial charge in [-0.3, -0.25) is 4.90 Å². The Hall–Kier alpha value is -1.63. The van der Waals surface area contributed by atoms with Crippen molar-refractivity contribution < 1.29 is 24.1 Å². The zero-order valence-electron chi connectivity index (χ0n) is 12.6. The molecule has 122 valence electrons. The van der Waals surface area contributed by atoms with Gasteiger partial charge in [0.2, 0.25) is 0 Å². The van der Waals surface area contributed by atoms with E-state index in [4.69, 9.17) is 19.3 Å². The monoisotopic (exact) mass is 309 g/mol. The Kier molecular flexibility index (Phi) is 7.15. The molecule has 1 atom stereocenters.